The lowest BCUT2D eigenvalue weighted by Crippen LogP contribution is -2.53. The van der Waals surface area contributed by atoms with Crippen molar-refractivity contribution in [3.63, 3.8) is 0 Å². The van der Waals surface area contributed by atoms with Crippen LogP contribution in [0.1, 0.15) is 20.8 Å². The molecule has 0 aromatic heterocycles. The molecule has 1 saturated heterocycles. The number of aliphatic imine (C=N–C) groups is 1. The van der Waals surface area contributed by atoms with Crippen LogP contribution in [0.4, 0.5) is 5.69 Å². The standard InChI is InChI=1S/C19H30ClN5O/c1-14(2)15(3)23-19(21-4)22-13-18(26)25-11-9-24(10-12-25)17-7-5-16(20)6-8-17/h5-8,14-15H,9-13H2,1-4H3,(H2,21,22,23). The molecule has 26 heavy (non-hydrogen) atoms. The maximum Gasteiger partial charge on any atom is 0.242 e. The van der Waals surface area contributed by atoms with Gasteiger partial charge in [-0.1, -0.05) is 25.4 Å². The van der Waals surface area contributed by atoms with E-state index in [4.69, 9.17) is 11.6 Å². The number of benzene rings is 1. The van der Waals surface area contributed by atoms with Gasteiger partial charge in [-0.25, -0.2) is 0 Å². The van der Waals surface area contributed by atoms with Crippen molar-refractivity contribution >= 4 is 29.2 Å². The van der Waals surface area contributed by atoms with Crippen molar-refractivity contribution in [3.8, 4) is 0 Å². The Balaban J connectivity index is 1.78. The topological polar surface area (TPSA) is 60.0 Å². The molecule has 1 unspecified atom stereocenters. The summed E-state index contributed by atoms with van der Waals surface area (Å²) in [6, 6.07) is 8.13. The number of anilines is 1. The highest BCUT2D eigenvalue weighted by molar-refractivity contribution is 6.30. The van der Waals surface area contributed by atoms with Crippen LogP contribution in [0.5, 0.6) is 0 Å². The summed E-state index contributed by atoms with van der Waals surface area (Å²) in [5.74, 6) is 1.26. The summed E-state index contributed by atoms with van der Waals surface area (Å²) < 4.78 is 0. The molecule has 1 amide bonds. The van der Waals surface area contributed by atoms with Crippen molar-refractivity contribution in [2.45, 2.75) is 26.8 Å². The van der Waals surface area contributed by atoms with Gasteiger partial charge in [-0.05, 0) is 37.1 Å². The lowest BCUT2D eigenvalue weighted by atomic mass is 10.1. The maximum atomic E-state index is 12.5. The molecule has 144 valence electrons. The second-order valence-corrected chi connectivity index (χ2v) is 7.38. The van der Waals surface area contributed by atoms with Crippen LogP contribution in [0.15, 0.2) is 29.3 Å². The number of guanidine groups is 1. The van der Waals surface area contributed by atoms with Gasteiger partial charge in [0.05, 0.1) is 6.54 Å². The third kappa shape index (κ3) is 5.80. The maximum absolute atomic E-state index is 12.5. The number of amides is 1. The second kappa shape index (κ2) is 9.67. The summed E-state index contributed by atoms with van der Waals surface area (Å²) in [4.78, 5) is 20.8. The number of hydrogen-bond donors (Lipinski definition) is 2. The van der Waals surface area contributed by atoms with E-state index < -0.39 is 0 Å². The van der Waals surface area contributed by atoms with Crippen LogP contribution in [0.3, 0.4) is 0 Å². The van der Waals surface area contributed by atoms with Crippen molar-refractivity contribution < 1.29 is 4.79 Å². The fourth-order valence-electron chi connectivity index (χ4n) is 2.71. The second-order valence-electron chi connectivity index (χ2n) is 6.95. The molecule has 0 spiro atoms. The van der Waals surface area contributed by atoms with E-state index in [9.17, 15) is 4.79 Å². The molecule has 0 radical (unpaired) electrons. The fourth-order valence-corrected chi connectivity index (χ4v) is 2.84. The largest absolute Gasteiger partial charge is 0.368 e. The predicted molar refractivity (Wildman–Crippen MR) is 109 cm³/mol. The van der Waals surface area contributed by atoms with Gasteiger partial charge in [-0.2, -0.15) is 0 Å². The molecule has 2 rings (SSSR count). The Kier molecular flexibility index (Phi) is 7.57. The minimum absolute atomic E-state index is 0.0981. The predicted octanol–water partition coefficient (Wildman–Crippen LogP) is 2.20. The Morgan fingerprint density at radius 2 is 1.77 bits per heavy atom. The number of carbonyl (C=O) groups excluding carboxylic acids is 1. The molecule has 1 aliphatic heterocycles. The summed E-state index contributed by atoms with van der Waals surface area (Å²) in [5.41, 5.74) is 1.15. The molecule has 1 heterocycles. The van der Waals surface area contributed by atoms with Crippen LogP contribution in [-0.4, -0.2) is 62.6 Å². The van der Waals surface area contributed by atoms with Crippen molar-refractivity contribution in [3.05, 3.63) is 29.3 Å². The third-order valence-electron chi connectivity index (χ3n) is 4.82. The fraction of sp³-hybridized carbons (Fsp3) is 0.579. The van der Waals surface area contributed by atoms with E-state index in [1.54, 1.807) is 7.05 Å². The molecule has 7 heteroatoms. The molecule has 1 aromatic carbocycles. The molecule has 0 bridgehead atoms. The van der Waals surface area contributed by atoms with Crippen LogP contribution in [-0.2, 0) is 4.79 Å². The van der Waals surface area contributed by atoms with Gasteiger partial charge >= 0.3 is 0 Å². The molecule has 0 saturated carbocycles. The van der Waals surface area contributed by atoms with Crippen molar-refractivity contribution in [1.29, 1.82) is 0 Å². The zero-order valence-corrected chi connectivity index (χ0v) is 16.9. The summed E-state index contributed by atoms with van der Waals surface area (Å²) in [5, 5.41) is 7.17. The molecule has 1 fully saturated rings. The lowest BCUT2D eigenvalue weighted by molar-refractivity contribution is -0.130. The van der Waals surface area contributed by atoms with Gasteiger partial charge in [0.15, 0.2) is 5.96 Å². The Morgan fingerprint density at radius 1 is 1.15 bits per heavy atom. The van der Waals surface area contributed by atoms with Crippen LogP contribution < -0.4 is 15.5 Å². The van der Waals surface area contributed by atoms with Gasteiger partial charge in [-0.15, -0.1) is 0 Å². The van der Waals surface area contributed by atoms with E-state index in [0.717, 1.165) is 36.9 Å². The average Bonchev–Trinajstić information content (AvgIpc) is 2.65. The number of nitrogens with one attached hydrogen (secondary N) is 2. The van der Waals surface area contributed by atoms with Crippen LogP contribution in [0.2, 0.25) is 5.02 Å². The lowest BCUT2D eigenvalue weighted by Gasteiger charge is -2.36. The molecule has 1 aromatic rings. The minimum Gasteiger partial charge on any atom is -0.368 e. The number of nitrogens with zero attached hydrogens (tertiary/aromatic N) is 3. The SMILES string of the molecule is CN=C(NCC(=O)N1CCN(c2ccc(Cl)cc2)CC1)NC(C)C(C)C. The molecular weight excluding hydrogens is 350 g/mol. The Bertz CT molecular complexity index is 609. The van der Waals surface area contributed by atoms with Crippen LogP contribution in [0, 0.1) is 5.92 Å². The van der Waals surface area contributed by atoms with Gasteiger partial charge in [0.25, 0.3) is 0 Å². The first-order valence-electron chi connectivity index (χ1n) is 9.16. The minimum atomic E-state index is 0.0981. The summed E-state index contributed by atoms with van der Waals surface area (Å²) in [6.45, 7) is 9.75. The van der Waals surface area contributed by atoms with E-state index in [1.165, 1.54) is 0 Å². The van der Waals surface area contributed by atoms with E-state index in [-0.39, 0.29) is 12.5 Å². The molecule has 6 nitrogen and oxygen atoms in total. The Morgan fingerprint density at radius 3 is 2.31 bits per heavy atom. The summed E-state index contributed by atoms with van der Waals surface area (Å²) in [7, 11) is 1.72. The molecule has 1 aliphatic rings. The van der Waals surface area contributed by atoms with E-state index in [2.05, 4.69) is 41.3 Å². The van der Waals surface area contributed by atoms with Gasteiger partial charge in [0, 0.05) is 50.0 Å². The van der Waals surface area contributed by atoms with E-state index in [0.29, 0.717) is 17.9 Å². The number of halogens is 1. The van der Waals surface area contributed by atoms with Crippen molar-refractivity contribution in [1.82, 2.24) is 15.5 Å². The van der Waals surface area contributed by atoms with Crippen molar-refractivity contribution in [2.24, 2.45) is 10.9 Å². The highest BCUT2D eigenvalue weighted by Crippen LogP contribution is 2.19. The summed E-state index contributed by atoms with van der Waals surface area (Å²) >= 11 is 5.94. The highest BCUT2D eigenvalue weighted by atomic mass is 35.5. The number of carbonyl (C=O) groups is 1. The van der Waals surface area contributed by atoms with Gasteiger partial charge < -0.3 is 20.4 Å². The monoisotopic (exact) mass is 379 g/mol. The first kappa shape index (κ1) is 20.4. The quantitative estimate of drug-likeness (QED) is 0.608. The first-order chi connectivity index (χ1) is 12.4. The normalized spacial score (nSPS) is 16.6. The molecule has 1 atom stereocenters. The van der Waals surface area contributed by atoms with Gasteiger partial charge in [-0.3, -0.25) is 9.79 Å². The first-order valence-corrected chi connectivity index (χ1v) is 9.54. The van der Waals surface area contributed by atoms with E-state index in [1.807, 2.05) is 29.2 Å². The smallest absolute Gasteiger partial charge is 0.242 e. The Labute approximate surface area is 161 Å². The van der Waals surface area contributed by atoms with Crippen molar-refractivity contribution in [2.75, 3.05) is 44.7 Å². The zero-order valence-electron chi connectivity index (χ0n) is 16.1. The number of hydrogen-bond acceptors (Lipinski definition) is 3. The van der Waals surface area contributed by atoms with Crippen LogP contribution in [0.25, 0.3) is 0 Å². The van der Waals surface area contributed by atoms with Crippen LogP contribution >= 0.6 is 11.6 Å². The number of piperazine rings is 1. The third-order valence-corrected chi connectivity index (χ3v) is 5.07. The molecule has 2 N–H and O–H groups in total. The summed E-state index contributed by atoms with van der Waals surface area (Å²) in [6.07, 6.45) is 0. The van der Waals surface area contributed by atoms with E-state index >= 15 is 0 Å². The van der Waals surface area contributed by atoms with Gasteiger partial charge in [0.1, 0.15) is 0 Å². The highest BCUT2D eigenvalue weighted by Gasteiger charge is 2.21. The zero-order chi connectivity index (χ0) is 19.1. The molecule has 0 aliphatic carbocycles. The average molecular weight is 380 g/mol. The van der Waals surface area contributed by atoms with Gasteiger partial charge in [0.2, 0.25) is 5.91 Å². The Hall–Kier alpha value is -1.95. The molecular formula is C19H30ClN5O. The number of rotatable bonds is 5.